The third kappa shape index (κ3) is 4.41. The number of rotatable bonds is 0. The number of likely N-dealkylation sites (tertiary alicyclic amines) is 2. The average Bonchev–Trinajstić information content (AvgIpc) is 3.34. The highest BCUT2D eigenvalue weighted by Crippen LogP contribution is 2.51. The molecular weight excluding hydrogens is 571 g/mol. The average molecular weight is 600 g/mol. The Bertz CT molecular complexity index is 1610. The van der Waals surface area contributed by atoms with E-state index in [0.717, 1.165) is 45.3 Å². The number of benzene rings is 4. The highest BCUT2D eigenvalue weighted by atomic mass is 35.5. The minimum Gasteiger partial charge on any atom is -0.457 e. The number of para-hydroxylation sites is 2. The molecule has 0 saturated carbocycles. The zero-order valence-corrected chi connectivity index (χ0v) is 24.6. The maximum atomic E-state index is 12.6. The van der Waals surface area contributed by atoms with Gasteiger partial charge in [0.1, 0.15) is 23.0 Å². The van der Waals surface area contributed by atoms with Crippen LogP contribution in [0.25, 0.3) is 0 Å². The van der Waals surface area contributed by atoms with E-state index in [9.17, 15) is 9.59 Å². The normalized spacial score (nSPS) is 23.0. The number of likely N-dealkylation sites (N-methyl/N-ethyl adjacent to an activating group) is 2. The minimum absolute atomic E-state index is 0.0832. The van der Waals surface area contributed by atoms with E-state index in [1.54, 1.807) is 9.80 Å². The molecule has 0 spiro atoms. The lowest BCUT2D eigenvalue weighted by molar-refractivity contribution is -0.128. The molecular formula is C34H28Cl2N2O4. The second-order valence-corrected chi connectivity index (χ2v) is 12.1. The Labute approximate surface area is 254 Å². The van der Waals surface area contributed by atoms with Crippen LogP contribution >= 0.6 is 23.2 Å². The van der Waals surface area contributed by atoms with Crippen molar-refractivity contribution in [2.45, 2.75) is 23.7 Å². The lowest BCUT2D eigenvalue weighted by atomic mass is 9.84. The number of hydrogen-bond acceptors (Lipinski definition) is 4. The van der Waals surface area contributed by atoms with Crippen LogP contribution in [0.15, 0.2) is 84.9 Å². The van der Waals surface area contributed by atoms with Gasteiger partial charge in [-0.15, -0.1) is 0 Å². The van der Waals surface area contributed by atoms with E-state index in [4.69, 9.17) is 32.7 Å². The SMILES string of the molecule is CN1C[C@@H]2c3cc(Cl)ccc3Oc3ccccc3[C@@H]2C1=O.CN1C[C@@H]2c3cc(Cl)ccc3Oc3ccccc3[C@H]2C1=O. The predicted octanol–water partition coefficient (Wildman–Crippen LogP) is 7.57. The van der Waals surface area contributed by atoms with Gasteiger partial charge in [0.05, 0.1) is 11.8 Å². The van der Waals surface area contributed by atoms with Gasteiger partial charge in [0.2, 0.25) is 11.8 Å². The van der Waals surface area contributed by atoms with Crippen molar-refractivity contribution in [3.05, 3.63) is 117 Å². The predicted molar refractivity (Wildman–Crippen MR) is 162 cm³/mol. The fourth-order valence-corrected chi connectivity index (χ4v) is 7.12. The molecule has 212 valence electrons. The molecule has 4 heterocycles. The van der Waals surface area contributed by atoms with E-state index in [-0.39, 0.29) is 35.5 Å². The van der Waals surface area contributed by atoms with E-state index < -0.39 is 0 Å². The fraction of sp³-hybridized carbons (Fsp3) is 0.235. The molecule has 2 saturated heterocycles. The summed E-state index contributed by atoms with van der Waals surface area (Å²) in [6.07, 6.45) is 0. The molecule has 6 nitrogen and oxygen atoms in total. The molecule has 0 radical (unpaired) electrons. The number of amides is 2. The van der Waals surface area contributed by atoms with E-state index in [1.165, 1.54) is 0 Å². The van der Waals surface area contributed by atoms with Crippen LogP contribution in [0, 0.1) is 0 Å². The van der Waals surface area contributed by atoms with Crippen molar-refractivity contribution < 1.29 is 19.1 Å². The quantitative estimate of drug-likeness (QED) is 0.209. The van der Waals surface area contributed by atoms with E-state index >= 15 is 0 Å². The van der Waals surface area contributed by atoms with Gasteiger partial charge < -0.3 is 19.3 Å². The molecule has 4 aliphatic heterocycles. The molecule has 0 aliphatic carbocycles. The van der Waals surface area contributed by atoms with Crippen molar-refractivity contribution in [1.82, 2.24) is 9.80 Å². The van der Waals surface area contributed by atoms with Gasteiger partial charge >= 0.3 is 0 Å². The van der Waals surface area contributed by atoms with Crippen molar-refractivity contribution in [2.75, 3.05) is 27.2 Å². The van der Waals surface area contributed by atoms with E-state index in [1.807, 2.05) is 99.0 Å². The molecule has 8 heteroatoms. The summed E-state index contributed by atoms with van der Waals surface area (Å²) >= 11 is 12.3. The number of carbonyl (C=O) groups is 2. The van der Waals surface area contributed by atoms with Gasteiger partial charge in [-0.1, -0.05) is 59.6 Å². The zero-order valence-electron chi connectivity index (χ0n) is 23.1. The molecule has 0 N–H and O–H groups in total. The van der Waals surface area contributed by atoms with Gasteiger partial charge in [-0.2, -0.15) is 0 Å². The Morgan fingerprint density at radius 3 is 1.38 bits per heavy atom. The lowest BCUT2D eigenvalue weighted by Crippen LogP contribution is -2.21. The second-order valence-electron chi connectivity index (χ2n) is 11.2. The minimum atomic E-state index is -0.189. The van der Waals surface area contributed by atoms with Crippen LogP contribution in [0.5, 0.6) is 23.0 Å². The summed E-state index contributed by atoms with van der Waals surface area (Å²) < 4.78 is 12.1. The first-order valence-electron chi connectivity index (χ1n) is 13.9. The topological polar surface area (TPSA) is 59.1 Å². The van der Waals surface area contributed by atoms with Crippen molar-refractivity contribution in [2.24, 2.45) is 0 Å². The highest BCUT2D eigenvalue weighted by molar-refractivity contribution is 6.31. The molecule has 0 unspecified atom stereocenters. The Balaban J connectivity index is 0.000000137. The molecule has 4 aliphatic rings. The van der Waals surface area contributed by atoms with Crippen LogP contribution in [-0.4, -0.2) is 48.8 Å². The van der Waals surface area contributed by atoms with Crippen molar-refractivity contribution in [3.63, 3.8) is 0 Å². The lowest BCUT2D eigenvalue weighted by Gasteiger charge is -2.15. The summed E-state index contributed by atoms with van der Waals surface area (Å²) in [5.74, 6) is 3.18. The largest absolute Gasteiger partial charge is 0.457 e. The first-order chi connectivity index (χ1) is 20.3. The maximum absolute atomic E-state index is 12.6. The maximum Gasteiger partial charge on any atom is 0.230 e. The van der Waals surface area contributed by atoms with E-state index in [0.29, 0.717) is 23.1 Å². The molecule has 8 rings (SSSR count). The Morgan fingerprint density at radius 1 is 0.571 bits per heavy atom. The first-order valence-corrected chi connectivity index (χ1v) is 14.7. The second kappa shape index (κ2) is 10.4. The number of ether oxygens (including phenoxy) is 2. The first kappa shape index (κ1) is 26.9. The van der Waals surface area contributed by atoms with Gasteiger partial charge in [0, 0.05) is 71.3 Å². The molecule has 0 bridgehead atoms. The van der Waals surface area contributed by atoms with Crippen LogP contribution in [0.4, 0.5) is 0 Å². The standard InChI is InChI=1S/2C17H14ClNO2/c2*1-19-9-13-12-8-10(18)6-7-15(12)21-14-5-3-2-4-11(14)16(13)17(19)20/h2*2-8,13,16H,9H2,1H3/t13-,16+;13-,16-/m11/s1. The van der Waals surface area contributed by atoms with Crippen LogP contribution < -0.4 is 9.47 Å². The van der Waals surface area contributed by atoms with Crippen molar-refractivity contribution in [1.29, 1.82) is 0 Å². The summed E-state index contributed by atoms with van der Waals surface area (Å²) in [5.41, 5.74) is 3.95. The number of hydrogen-bond donors (Lipinski definition) is 0. The van der Waals surface area contributed by atoms with Crippen LogP contribution in [0.1, 0.15) is 45.9 Å². The third-order valence-corrected chi connectivity index (χ3v) is 9.19. The van der Waals surface area contributed by atoms with Crippen LogP contribution in [0.3, 0.4) is 0 Å². The zero-order chi connectivity index (χ0) is 29.1. The Hall–Kier alpha value is -4.00. The summed E-state index contributed by atoms with van der Waals surface area (Å²) in [4.78, 5) is 28.8. The number of halogens is 2. The highest BCUT2D eigenvalue weighted by Gasteiger charge is 2.45. The molecule has 0 aromatic heterocycles. The third-order valence-electron chi connectivity index (χ3n) is 8.72. The molecule has 4 aromatic rings. The molecule has 2 fully saturated rings. The van der Waals surface area contributed by atoms with Gasteiger partial charge in [-0.05, 0) is 48.5 Å². The van der Waals surface area contributed by atoms with Crippen molar-refractivity contribution in [3.8, 4) is 23.0 Å². The summed E-state index contributed by atoms with van der Waals surface area (Å²) in [6.45, 7) is 1.38. The molecule has 2 amide bonds. The number of carbonyl (C=O) groups excluding carboxylic acids is 2. The molecule has 4 atom stereocenters. The van der Waals surface area contributed by atoms with Gasteiger partial charge in [0.15, 0.2) is 0 Å². The van der Waals surface area contributed by atoms with Crippen LogP contribution in [0.2, 0.25) is 10.0 Å². The molecule has 42 heavy (non-hydrogen) atoms. The Kier molecular flexibility index (Phi) is 6.63. The molecule has 4 aromatic carbocycles. The summed E-state index contributed by atoms with van der Waals surface area (Å²) in [6, 6.07) is 26.8. The monoisotopic (exact) mass is 598 g/mol. The van der Waals surface area contributed by atoms with E-state index in [2.05, 4.69) is 0 Å². The number of nitrogens with zero attached hydrogens (tertiary/aromatic N) is 2. The number of fused-ring (bicyclic) bond motifs is 10. The van der Waals surface area contributed by atoms with Crippen LogP contribution in [-0.2, 0) is 9.59 Å². The summed E-state index contributed by atoms with van der Waals surface area (Å²) in [7, 11) is 3.70. The van der Waals surface area contributed by atoms with Crippen molar-refractivity contribution >= 4 is 35.0 Å². The fourth-order valence-electron chi connectivity index (χ4n) is 6.76. The summed E-state index contributed by atoms with van der Waals surface area (Å²) in [5, 5.41) is 1.34. The Morgan fingerprint density at radius 2 is 0.952 bits per heavy atom. The van der Waals surface area contributed by atoms with Gasteiger partial charge in [0.25, 0.3) is 0 Å². The van der Waals surface area contributed by atoms with Gasteiger partial charge in [-0.3, -0.25) is 9.59 Å². The van der Waals surface area contributed by atoms with Gasteiger partial charge in [-0.25, -0.2) is 0 Å². The smallest absolute Gasteiger partial charge is 0.230 e.